The SMILES string of the molecule is Cc1ccc(=O)n(CC(=O)N2C[C@@H]3CC[C@H](Oc4ccccc4Cl)[C@@H]3C2)n1. The number of hydrogen-bond donors (Lipinski definition) is 0. The number of carbonyl (C=O) groups excluding carboxylic acids is 1. The van der Waals surface area contributed by atoms with E-state index in [9.17, 15) is 9.59 Å². The molecule has 2 aromatic rings. The molecule has 6 nitrogen and oxygen atoms in total. The van der Waals surface area contributed by atoms with Gasteiger partial charge in [0.1, 0.15) is 18.4 Å². The van der Waals surface area contributed by atoms with Crippen LogP contribution in [0.4, 0.5) is 0 Å². The fourth-order valence-electron chi connectivity index (χ4n) is 4.16. The van der Waals surface area contributed by atoms with E-state index in [0.717, 1.165) is 12.8 Å². The maximum Gasteiger partial charge on any atom is 0.267 e. The van der Waals surface area contributed by atoms with Crippen molar-refractivity contribution >= 4 is 17.5 Å². The second-order valence-corrected chi connectivity index (χ2v) is 7.76. The van der Waals surface area contributed by atoms with Crippen LogP contribution in [0.2, 0.25) is 5.02 Å². The molecular formula is C20H22ClN3O3. The van der Waals surface area contributed by atoms with E-state index in [1.807, 2.05) is 29.2 Å². The molecule has 1 aliphatic carbocycles. The maximum absolute atomic E-state index is 12.7. The summed E-state index contributed by atoms with van der Waals surface area (Å²) in [6.45, 7) is 3.15. The molecule has 0 radical (unpaired) electrons. The van der Waals surface area contributed by atoms with Gasteiger partial charge in [-0.05, 0) is 43.9 Å². The lowest BCUT2D eigenvalue weighted by molar-refractivity contribution is -0.131. The van der Waals surface area contributed by atoms with Crippen molar-refractivity contribution in [3.05, 3.63) is 57.5 Å². The summed E-state index contributed by atoms with van der Waals surface area (Å²) in [5.74, 6) is 1.36. The summed E-state index contributed by atoms with van der Waals surface area (Å²) in [6.07, 6.45) is 2.07. The molecule has 1 aromatic carbocycles. The van der Waals surface area contributed by atoms with E-state index in [-0.39, 0.29) is 24.1 Å². The normalized spacial score (nSPS) is 24.1. The molecule has 4 rings (SSSR count). The van der Waals surface area contributed by atoms with Gasteiger partial charge in [-0.2, -0.15) is 5.10 Å². The highest BCUT2D eigenvalue weighted by Crippen LogP contribution is 2.41. The topological polar surface area (TPSA) is 64.4 Å². The zero-order chi connectivity index (χ0) is 19.0. The van der Waals surface area contributed by atoms with Crippen LogP contribution < -0.4 is 10.3 Å². The fraction of sp³-hybridized carbons (Fsp3) is 0.450. The van der Waals surface area contributed by atoms with Gasteiger partial charge in [-0.15, -0.1) is 0 Å². The Kier molecular flexibility index (Phi) is 4.91. The highest BCUT2D eigenvalue weighted by molar-refractivity contribution is 6.32. The van der Waals surface area contributed by atoms with Crippen LogP contribution in [-0.4, -0.2) is 39.8 Å². The van der Waals surface area contributed by atoms with Gasteiger partial charge in [-0.25, -0.2) is 4.68 Å². The molecule has 1 saturated heterocycles. The lowest BCUT2D eigenvalue weighted by atomic mass is 9.99. The second-order valence-electron chi connectivity index (χ2n) is 7.36. The van der Waals surface area contributed by atoms with Gasteiger partial charge in [0, 0.05) is 25.1 Å². The van der Waals surface area contributed by atoms with E-state index < -0.39 is 0 Å². The zero-order valence-corrected chi connectivity index (χ0v) is 15.9. The van der Waals surface area contributed by atoms with Gasteiger partial charge in [0.25, 0.3) is 5.56 Å². The number of carbonyl (C=O) groups is 1. The Labute approximate surface area is 162 Å². The Morgan fingerprint density at radius 1 is 1.22 bits per heavy atom. The number of rotatable bonds is 4. The van der Waals surface area contributed by atoms with Gasteiger partial charge < -0.3 is 9.64 Å². The van der Waals surface area contributed by atoms with Crippen molar-refractivity contribution in [1.82, 2.24) is 14.7 Å². The van der Waals surface area contributed by atoms with Gasteiger partial charge in [-0.3, -0.25) is 9.59 Å². The lowest BCUT2D eigenvalue weighted by Crippen LogP contribution is -2.37. The quantitative estimate of drug-likeness (QED) is 0.808. The summed E-state index contributed by atoms with van der Waals surface area (Å²) in [6, 6.07) is 10.6. The third-order valence-corrected chi connectivity index (χ3v) is 5.86. The number of halogens is 1. The molecule has 0 bridgehead atoms. The average Bonchev–Trinajstić information content (AvgIpc) is 3.22. The molecule has 3 atom stereocenters. The van der Waals surface area contributed by atoms with Crippen LogP contribution in [-0.2, 0) is 11.3 Å². The number of fused-ring (bicyclic) bond motifs is 1. The van der Waals surface area contributed by atoms with E-state index in [0.29, 0.717) is 41.4 Å². The molecule has 0 unspecified atom stereocenters. The minimum atomic E-state index is -0.256. The van der Waals surface area contributed by atoms with E-state index in [1.54, 1.807) is 13.0 Å². The maximum atomic E-state index is 12.7. The largest absolute Gasteiger partial charge is 0.489 e. The molecule has 0 spiro atoms. The molecular weight excluding hydrogens is 366 g/mol. The van der Waals surface area contributed by atoms with Gasteiger partial charge in [0.2, 0.25) is 5.91 Å². The number of para-hydroxylation sites is 1. The van der Waals surface area contributed by atoms with Gasteiger partial charge in [-0.1, -0.05) is 23.7 Å². The minimum absolute atomic E-state index is 0.0179. The third-order valence-electron chi connectivity index (χ3n) is 5.54. The van der Waals surface area contributed by atoms with Gasteiger partial charge >= 0.3 is 0 Å². The number of amides is 1. The van der Waals surface area contributed by atoms with Crippen LogP contribution in [0.5, 0.6) is 5.75 Å². The predicted octanol–water partition coefficient (Wildman–Crippen LogP) is 2.52. The van der Waals surface area contributed by atoms with Crippen LogP contribution in [0.3, 0.4) is 0 Å². The Morgan fingerprint density at radius 3 is 2.85 bits per heavy atom. The lowest BCUT2D eigenvalue weighted by Gasteiger charge is -2.22. The van der Waals surface area contributed by atoms with Crippen LogP contribution in [0.15, 0.2) is 41.2 Å². The first-order valence-electron chi connectivity index (χ1n) is 9.25. The van der Waals surface area contributed by atoms with Crippen molar-refractivity contribution in [1.29, 1.82) is 0 Å². The second kappa shape index (κ2) is 7.35. The molecule has 1 aromatic heterocycles. The van der Waals surface area contributed by atoms with Gasteiger partial charge in [0.15, 0.2) is 0 Å². The number of benzene rings is 1. The van der Waals surface area contributed by atoms with Crippen molar-refractivity contribution in [2.75, 3.05) is 13.1 Å². The first-order valence-corrected chi connectivity index (χ1v) is 9.63. The summed E-state index contributed by atoms with van der Waals surface area (Å²) in [4.78, 5) is 26.4. The number of nitrogens with zero attached hydrogens (tertiary/aromatic N) is 3. The summed E-state index contributed by atoms with van der Waals surface area (Å²) in [5, 5.41) is 4.76. The zero-order valence-electron chi connectivity index (χ0n) is 15.2. The highest BCUT2D eigenvalue weighted by atomic mass is 35.5. The molecule has 142 valence electrons. The molecule has 2 fully saturated rings. The van der Waals surface area contributed by atoms with Crippen molar-refractivity contribution in [3.8, 4) is 5.75 Å². The molecule has 0 N–H and O–H groups in total. The predicted molar refractivity (Wildman–Crippen MR) is 102 cm³/mol. The number of aryl methyl sites for hydroxylation is 1. The van der Waals surface area contributed by atoms with Crippen LogP contribution >= 0.6 is 11.6 Å². The molecule has 1 aliphatic heterocycles. The first kappa shape index (κ1) is 18.0. The standard InChI is InChI=1S/C20H22ClN3O3/c1-13-6-9-19(25)24(22-13)12-20(26)23-10-14-7-8-17(15(14)11-23)27-18-5-3-2-4-16(18)21/h2-6,9,14-15,17H,7-8,10-12H2,1H3/t14-,15+,17-/m0/s1. The van der Waals surface area contributed by atoms with E-state index in [1.165, 1.54) is 10.7 Å². The highest BCUT2D eigenvalue weighted by Gasteiger charge is 2.45. The molecule has 2 heterocycles. The van der Waals surface area contributed by atoms with Crippen LogP contribution in [0, 0.1) is 18.8 Å². The molecule has 27 heavy (non-hydrogen) atoms. The van der Waals surface area contributed by atoms with E-state index in [2.05, 4.69) is 5.10 Å². The molecule has 7 heteroatoms. The Balaban J connectivity index is 1.42. The van der Waals surface area contributed by atoms with Gasteiger partial charge in [0.05, 0.1) is 10.7 Å². The number of likely N-dealkylation sites (tertiary alicyclic amines) is 1. The smallest absolute Gasteiger partial charge is 0.267 e. The van der Waals surface area contributed by atoms with Crippen LogP contribution in [0.25, 0.3) is 0 Å². The summed E-state index contributed by atoms with van der Waals surface area (Å²) >= 11 is 6.21. The Morgan fingerprint density at radius 2 is 2.04 bits per heavy atom. The number of ether oxygens (including phenoxy) is 1. The molecule has 2 aliphatic rings. The Bertz CT molecular complexity index is 913. The van der Waals surface area contributed by atoms with E-state index in [4.69, 9.17) is 16.3 Å². The van der Waals surface area contributed by atoms with Crippen molar-refractivity contribution in [2.45, 2.75) is 32.4 Å². The number of hydrogen-bond acceptors (Lipinski definition) is 4. The number of aromatic nitrogens is 2. The monoisotopic (exact) mass is 387 g/mol. The minimum Gasteiger partial charge on any atom is -0.489 e. The summed E-state index contributed by atoms with van der Waals surface area (Å²) in [5.41, 5.74) is 0.460. The van der Waals surface area contributed by atoms with Crippen LogP contribution in [0.1, 0.15) is 18.5 Å². The summed E-state index contributed by atoms with van der Waals surface area (Å²) in [7, 11) is 0. The fourth-order valence-corrected chi connectivity index (χ4v) is 4.34. The van der Waals surface area contributed by atoms with Crippen molar-refractivity contribution in [2.24, 2.45) is 11.8 Å². The molecule has 1 amide bonds. The van der Waals surface area contributed by atoms with Crippen molar-refractivity contribution < 1.29 is 9.53 Å². The first-order chi connectivity index (χ1) is 13.0. The Hall–Kier alpha value is -2.34. The third kappa shape index (κ3) is 3.72. The van der Waals surface area contributed by atoms with Crippen molar-refractivity contribution in [3.63, 3.8) is 0 Å². The average molecular weight is 388 g/mol. The van der Waals surface area contributed by atoms with E-state index >= 15 is 0 Å². The summed E-state index contributed by atoms with van der Waals surface area (Å²) < 4.78 is 7.40. The molecule has 1 saturated carbocycles.